The lowest BCUT2D eigenvalue weighted by Crippen LogP contribution is -2.45. The summed E-state index contributed by atoms with van der Waals surface area (Å²) in [5.41, 5.74) is 0. The molecule has 4 nitrogen and oxygen atoms in total. The van der Waals surface area contributed by atoms with Crippen molar-refractivity contribution in [2.24, 2.45) is 0 Å². The zero-order valence-electron chi connectivity index (χ0n) is 11.7. The number of hydrogen-bond acceptors (Lipinski definition) is 4. The van der Waals surface area contributed by atoms with Crippen LogP contribution in [0.4, 0.5) is 0 Å². The van der Waals surface area contributed by atoms with Gasteiger partial charge in [-0.25, -0.2) is 8.42 Å². The Morgan fingerprint density at radius 3 is 2.95 bits per heavy atom. The summed E-state index contributed by atoms with van der Waals surface area (Å²) >= 11 is 3.32. The SMILES string of the molecule is CNC1CCCN(CCS(=O)(=O)c2cccc(Br)c2)C1. The van der Waals surface area contributed by atoms with Gasteiger partial charge >= 0.3 is 0 Å². The summed E-state index contributed by atoms with van der Waals surface area (Å²) in [6.45, 7) is 2.53. The molecule has 1 heterocycles. The lowest BCUT2D eigenvalue weighted by atomic mass is 10.1. The van der Waals surface area contributed by atoms with Crippen molar-refractivity contribution in [1.82, 2.24) is 10.2 Å². The van der Waals surface area contributed by atoms with Crippen LogP contribution in [0, 0.1) is 0 Å². The second-order valence-corrected chi connectivity index (χ2v) is 8.23. The topological polar surface area (TPSA) is 49.4 Å². The average molecular weight is 361 g/mol. The Morgan fingerprint density at radius 1 is 1.45 bits per heavy atom. The Labute approximate surface area is 129 Å². The van der Waals surface area contributed by atoms with E-state index in [1.807, 2.05) is 13.1 Å². The summed E-state index contributed by atoms with van der Waals surface area (Å²) in [5, 5.41) is 3.27. The van der Waals surface area contributed by atoms with Gasteiger partial charge in [0.1, 0.15) is 0 Å². The van der Waals surface area contributed by atoms with Crippen LogP contribution in [0.2, 0.25) is 0 Å². The Morgan fingerprint density at radius 2 is 2.25 bits per heavy atom. The molecule has 0 aromatic heterocycles. The highest BCUT2D eigenvalue weighted by molar-refractivity contribution is 9.10. The molecular formula is C14H21BrN2O2S. The van der Waals surface area contributed by atoms with Crippen molar-refractivity contribution in [3.63, 3.8) is 0 Å². The van der Waals surface area contributed by atoms with Gasteiger partial charge in [-0.05, 0) is 44.6 Å². The average Bonchev–Trinajstić information content (AvgIpc) is 2.45. The van der Waals surface area contributed by atoms with Crippen molar-refractivity contribution >= 4 is 25.8 Å². The molecule has 1 aromatic rings. The molecule has 0 spiro atoms. The first kappa shape index (κ1) is 15.9. The van der Waals surface area contributed by atoms with Crippen LogP contribution in [0.1, 0.15) is 12.8 Å². The third-order valence-corrected chi connectivity index (χ3v) is 5.93. The fourth-order valence-corrected chi connectivity index (χ4v) is 4.40. The molecule has 2 rings (SSSR count). The molecule has 1 aliphatic rings. The standard InChI is InChI=1S/C14H21BrN2O2S/c1-16-13-5-3-7-17(11-13)8-9-20(18,19)14-6-2-4-12(15)10-14/h2,4,6,10,13,16H,3,5,7-9,11H2,1H3. The zero-order valence-corrected chi connectivity index (χ0v) is 14.1. The summed E-state index contributed by atoms with van der Waals surface area (Å²) < 4.78 is 25.4. The van der Waals surface area contributed by atoms with Gasteiger partial charge in [0.2, 0.25) is 0 Å². The number of rotatable bonds is 5. The van der Waals surface area contributed by atoms with Crippen molar-refractivity contribution in [2.45, 2.75) is 23.8 Å². The molecule has 1 unspecified atom stereocenters. The first-order chi connectivity index (χ1) is 9.51. The van der Waals surface area contributed by atoms with Gasteiger partial charge in [-0.15, -0.1) is 0 Å². The maximum atomic E-state index is 12.3. The van der Waals surface area contributed by atoms with E-state index < -0.39 is 9.84 Å². The molecule has 112 valence electrons. The molecule has 6 heteroatoms. The molecule has 0 aliphatic carbocycles. The van der Waals surface area contributed by atoms with Crippen LogP contribution in [0.5, 0.6) is 0 Å². The third-order valence-electron chi connectivity index (χ3n) is 3.75. The summed E-state index contributed by atoms with van der Waals surface area (Å²) in [4.78, 5) is 2.63. The fourth-order valence-electron chi connectivity index (χ4n) is 2.52. The minimum atomic E-state index is -3.20. The van der Waals surface area contributed by atoms with Gasteiger partial charge in [0.15, 0.2) is 9.84 Å². The number of halogens is 1. The number of likely N-dealkylation sites (N-methyl/N-ethyl adjacent to an activating group) is 1. The molecule has 1 atom stereocenters. The maximum Gasteiger partial charge on any atom is 0.179 e. The molecule has 0 radical (unpaired) electrons. The lowest BCUT2D eigenvalue weighted by molar-refractivity contribution is 0.205. The summed E-state index contributed by atoms with van der Waals surface area (Å²) in [7, 11) is -1.23. The summed E-state index contributed by atoms with van der Waals surface area (Å²) in [6, 6.07) is 7.40. The largest absolute Gasteiger partial charge is 0.316 e. The molecule has 1 saturated heterocycles. The summed E-state index contributed by atoms with van der Waals surface area (Å²) in [5.74, 6) is 0.180. The van der Waals surface area contributed by atoms with Crippen LogP contribution < -0.4 is 5.32 Å². The molecule has 1 fully saturated rings. The van der Waals surface area contributed by atoms with Crippen LogP contribution in [-0.2, 0) is 9.84 Å². The van der Waals surface area contributed by atoms with Gasteiger partial charge in [0.25, 0.3) is 0 Å². The normalized spacial score (nSPS) is 21.0. The quantitative estimate of drug-likeness (QED) is 0.871. The number of piperidine rings is 1. The van der Waals surface area contributed by atoms with Crippen molar-refractivity contribution in [1.29, 1.82) is 0 Å². The second-order valence-electron chi connectivity index (χ2n) is 5.20. The van der Waals surface area contributed by atoms with Crippen LogP contribution in [0.25, 0.3) is 0 Å². The number of sulfone groups is 1. The van der Waals surface area contributed by atoms with Gasteiger partial charge in [0, 0.05) is 23.6 Å². The Bertz CT molecular complexity index is 548. The van der Waals surface area contributed by atoms with Crippen LogP contribution in [-0.4, -0.2) is 51.8 Å². The van der Waals surface area contributed by atoms with E-state index >= 15 is 0 Å². The van der Waals surface area contributed by atoms with E-state index in [1.165, 1.54) is 6.42 Å². The maximum absolute atomic E-state index is 12.3. The Kier molecular flexibility index (Phi) is 5.60. The molecule has 1 N–H and O–H groups in total. The molecule has 0 bridgehead atoms. The highest BCUT2D eigenvalue weighted by Gasteiger charge is 2.21. The van der Waals surface area contributed by atoms with E-state index in [-0.39, 0.29) is 5.75 Å². The van der Waals surface area contributed by atoms with Crippen molar-refractivity contribution in [3.8, 4) is 0 Å². The number of nitrogens with one attached hydrogen (secondary N) is 1. The minimum absolute atomic E-state index is 0.180. The number of hydrogen-bond donors (Lipinski definition) is 1. The van der Waals surface area contributed by atoms with E-state index in [4.69, 9.17) is 0 Å². The molecule has 1 aliphatic heterocycles. The first-order valence-corrected chi connectivity index (χ1v) is 9.34. The highest BCUT2D eigenvalue weighted by atomic mass is 79.9. The minimum Gasteiger partial charge on any atom is -0.316 e. The predicted octanol–water partition coefficient (Wildman–Crippen LogP) is 1.91. The van der Waals surface area contributed by atoms with Gasteiger partial charge < -0.3 is 10.2 Å². The fraction of sp³-hybridized carbons (Fsp3) is 0.571. The lowest BCUT2D eigenvalue weighted by Gasteiger charge is -2.32. The Hall–Kier alpha value is -0.430. The van der Waals surface area contributed by atoms with Crippen LogP contribution in [0.15, 0.2) is 33.6 Å². The molecular weight excluding hydrogens is 340 g/mol. The zero-order chi connectivity index (χ0) is 14.6. The van der Waals surface area contributed by atoms with Gasteiger partial charge in [-0.2, -0.15) is 0 Å². The van der Waals surface area contributed by atoms with Crippen LogP contribution >= 0.6 is 15.9 Å². The van der Waals surface area contributed by atoms with Crippen LogP contribution in [0.3, 0.4) is 0 Å². The first-order valence-electron chi connectivity index (χ1n) is 6.89. The van der Waals surface area contributed by atoms with Gasteiger partial charge in [0.05, 0.1) is 10.6 Å². The van der Waals surface area contributed by atoms with Crippen molar-refractivity contribution < 1.29 is 8.42 Å². The number of nitrogens with zero attached hydrogens (tertiary/aromatic N) is 1. The van der Waals surface area contributed by atoms with E-state index in [0.717, 1.165) is 24.0 Å². The smallest absolute Gasteiger partial charge is 0.179 e. The van der Waals surface area contributed by atoms with Gasteiger partial charge in [-0.1, -0.05) is 22.0 Å². The third kappa shape index (κ3) is 4.28. The van der Waals surface area contributed by atoms with E-state index in [1.54, 1.807) is 18.2 Å². The molecule has 0 amide bonds. The molecule has 0 saturated carbocycles. The number of likely N-dealkylation sites (tertiary alicyclic amines) is 1. The van der Waals surface area contributed by atoms with E-state index in [2.05, 4.69) is 26.1 Å². The second kappa shape index (κ2) is 7.02. The van der Waals surface area contributed by atoms with E-state index in [0.29, 0.717) is 17.5 Å². The molecule has 20 heavy (non-hydrogen) atoms. The summed E-state index contributed by atoms with van der Waals surface area (Å²) in [6.07, 6.45) is 2.30. The number of benzene rings is 1. The predicted molar refractivity (Wildman–Crippen MR) is 84.7 cm³/mol. The van der Waals surface area contributed by atoms with Gasteiger partial charge in [-0.3, -0.25) is 0 Å². The van der Waals surface area contributed by atoms with Crippen molar-refractivity contribution in [2.75, 3.05) is 32.4 Å². The highest BCUT2D eigenvalue weighted by Crippen LogP contribution is 2.18. The monoisotopic (exact) mass is 360 g/mol. The van der Waals surface area contributed by atoms with Crippen molar-refractivity contribution in [3.05, 3.63) is 28.7 Å². The molecule has 1 aromatic carbocycles. The van der Waals surface area contributed by atoms with E-state index in [9.17, 15) is 8.42 Å². The Balaban J connectivity index is 1.95.